The van der Waals surface area contributed by atoms with E-state index in [1.54, 1.807) is 4.31 Å². The number of likely N-dealkylation sites (tertiary alicyclic amines) is 1. The summed E-state index contributed by atoms with van der Waals surface area (Å²) >= 11 is 12.8. The van der Waals surface area contributed by atoms with E-state index < -0.39 is 15.4 Å². The lowest BCUT2D eigenvalue weighted by Crippen LogP contribution is -2.55. The summed E-state index contributed by atoms with van der Waals surface area (Å²) in [7, 11) is -3.14. The molecular weight excluding hydrogens is 577 g/mol. The van der Waals surface area contributed by atoms with Crippen molar-refractivity contribution in [1.82, 2.24) is 14.1 Å². The summed E-state index contributed by atoms with van der Waals surface area (Å²) in [4.78, 5) is 18.8. The van der Waals surface area contributed by atoms with Gasteiger partial charge in [-0.3, -0.25) is 4.79 Å². The molecule has 0 spiro atoms. The largest absolute Gasteiger partial charge is 0.332 e. The van der Waals surface area contributed by atoms with Gasteiger partial charge in [0.25, 0.3) is 0 Å². The van der Waals surface area contributed by atoms with Gasteiger partial charge in [0.1, 0.15) is 0 Å². The van der Waals surface area contributed by atoms with Gasteiger partial charge in [-0.15, -0.1) is 6.58 Å². The van der Waals surface area contributed by atoms with E-state index in [0.29, 0.717) is 49.1 Å². The summed E-state index contributed by atoms with van der Waals surface area (Å²) in [5.41, 5.74) is 1.58. The predicted molar refractivity (Wildman–Crippen MR) is 167 cm³/mol. The molecule has 3 fully saturated rings. The van der Waals surface area contributed by atoms with E-state index in [9.17, 15) is 13.2 Å². The van der Waals surface area contributed by atoms with E-state index in [1.165, 1.54) is 0 Å². The Morgan fingerprint density at radius 1 is 1.02 bits per heavy atom. The number of benzene rings is 2. The molecule has 0 aromatic heterocycles. The van der Waals surface area contributed by atoms with Crippen LogP contribution in [0, 0.1) is 5.41 Å². The number of amides is 1. The minimum atomic E-state index is -3.14. The first-order valence-corrected chi connectivity index (χ1v) is 17.0. The molecule has 9 heteroatoms. The molecule has 222 valence electrons. The maximum atomic E-state index is 14.4. The molecular formula is C32H41Cl2N3O3S. The van der Waals surface area contributed by atoms with E-state index in [4.69, 9.17) is 23.2 Å². The van der Waals surface area contributed by atoms with Crippen LogP contribution in [0.15, 0.2) is 61.2 Å². The molecule has 2 aromatic rings. The Morgan fingerprint density at radius 3 is 2.32 bits per heavy atom. The van der Waals surface area contributed by atoms with E-state index in [2.05, 4.69) is 36.3 Å². The smallest absolute Gasteiger partial charge is 0.229 e. The van der Waals surface area contributed by atoms with Crippen molar-refractivity contribution >= 4 is 39.1 Å². The zero-order valence-electron chi connectivity index (χ0n) is 24.0. The molecule has 1 saturated carbocycles. The molecule has 2 aromatic carbocycles. The predicted octanol–water partition coefficient (Wildman–Crippen LogP) is 6.52. The molecule has 1 amide bonds. The first-order chi connectivity index (χ1) is 19.5. The fourth-order valence-corrected chi connectivity index (χ4v) is 8.81. The molecule has 0 radical (unpaired) electrons. The third-order valence-electron chi connectivity index (χ3n) is 9.16. The number of carbonyl (C=O) groups excluding carboxylic acids is 1. The van der Waals surface area contributed by atoms with Gasteiger partial charge < -0.3 is 9.80 Å². The summed E-state index contributed by atoms with van der Waals surface area (Å²) < 4.78 is 27.0. The molecule has 2 heterocycles. The standard InChI is InChI=1S/C32H41Cl2N3O3S/c1-4-15-32(3)22-29(25-6-5-7-27(34)21-25)30(24-8-10-26(33)11-9-24)37(31(32)38)23(2)14-16-35-17-19-36(20-18-35)41(39,40)28-12-13-28/h4-11,21,23,28-30H,1,12-20,22H2,2-3H3/t23-,29+,30+,32-/m0/s1. The molecule has 3 aliphatic rings. The van der Waals surface area contributed by atoms with Gasteiger partial charge in [-0.1, -0.05) is 60.5 Å². The van der Waals surface area contributed by atoms with E-state index in [-0.39, 0.29) is 29.2 Å². The summed E-state index contributed by atoms with van der Waals surface area (Å²) in [5.74, 6) is 0.180. The minimum absolute atomic E-state index is 0.0381. The molecule has 0 N–H and O–H groups in total. The number of halogens is 2. The van der Waals surface area contributed by atoms with E-state index in [0.717, 1.165) is 36.9 Å². The maximum absolute atomic E-state index is 14.4. The minimum Gasteiger partial charge on any atom is -0.332 e. The molecule has 1 aliphatic carbocycles. The number of piperidine rings is 1. The number of hydrogen-bond donors (Lipinski definition) is 0. The molecule has 5 rings (SSSR count). The summed E-state index contributed by atoms with van der Waals surface area (Å²) in [6.45, 7) is 11.5. The second-order valence-electron chi connectivity index (χ2n) is 12.3. The second-order valence-corrected chi connectivity index (χ2v) is 15.3. The molecule has 6 nitrogen and oxygen atoms in total. The molecule has 0 unspecified atom stereocenters. The fraction of sp³-hybridized carbons (Fsp3) is 0.531. The summed E-state index contributed by atoms with van der Waals surface area (Å²) in [6.07, 6.45) is 5.51. The van der Waals surface area contributed by atoms with Gasteiger partial charge in [-0.25, -0.2) is 8.42 Å². The van der Waals surface area contributed by atoms with E-state index in [1.807, 2.05) is 48.5 Å². The van der Waals surface area contributed by atoms with Crippen molar-refractivity contribution in [3.8, 4) is 0 Å². The van der Waals surface area contributed by atoms with Crippen LogP contribution in [0.25, 0.3) is 0 Å². The quantitative estimate of drug-likeness (QED) is 0.285. The Balaban J connectivity index is 1.40. The van der Waals surface area contributed by atoms with Crippen molar-refractivity contribution in [3.05, 3.63) is 82.4 Å². The second kappa shape index (κ2) is 12.4. The van der Waals surface area contributed by atoms with Crippen LogP contribution in [0.4, 0.5) is 0 Å². The first-order valence-electron chi connectivity index (χ1n) is 14.7. The topological polar surface area (TPSA) is 60.9 Å². The van der Waals surface area contributed by atoms with Crippen LogP contribution in [0.1, 0.15) is 69.0 Å². The van der Waals surface area contributed by atoms with Crippen molar-refractivity contribution < 1.29 is 13.2 Å². The molecule has 2 aliphatic heterocycles. The van der Waals surface area contributed by atoms with Gasteiger partial charge in [-0.05, 0) is 74.4 Å². The van der Waals surface area contributed by atoms with Gasteiger partial charge in [0.2, 0.25) is 15.9 Å². The third-order valence-corrected chi connectivity index (χ3v) is 12.0. The average Bonchev–Trinajstić information content (AvgIpc) is 3.81. The van der Waals surface area contributed by atoms with Gasteiger partial charge in [0.05, 0.1) is 16.7 Å². The monoisotopic (exact) mass is 617 g/mol. The van der Waals surface area contributed by atoms with Crippen LogP contribution in [0.3, 0.4) is 0 Å². The lowest BCUT2D eigenvalue weighted by Gasteiger charge is -2.52. The Morgan fingerprint density at radius 2 is 1.71 bits per heavy atom. The summed E-state index contributed by atoms with van der Waals surface area (Å²) in [6, 6.07) is 15.6. The van der Waals surface area contributed by atoms with Crippen molar-refractivity contribution in [2.75, 3.05) is 32.7 Å². The summed E-state index contributed by atoms with van der Waals surface area (Å²) in [5, 5.41) is 1.18. The number of nitrogens with zero attached hydrogens (tertiary/aromatic N) is 3. The van der Waals surface area contributed by atoms with Gasteiger partial charge in [0, 0.05) is 54.7 Å². The number of rotatable bonds is 10. The lowest BCUT2D eigenvalue weighted by molar-refractivity contribution is -0.154. The number of piperazine rings is 1. The molecule has 0 bridgehead atoms. The SMILES string of the molecule is C=CC[C@@]1(C)C[C@H](c2cccc(Cl)c2)[C@@H](c2ccc(Cl)cc2)N([C@@H](C)CCN2CCN(S(=O)(=O)C3CC3)CC2)C1=O. The normalized spacial score (nSPS) is 27.1. The third kappa shape index (κ3) is 6.54. The van der Waals surface area contributed by atoms with E-state index >= 15 is 0 Å². The van der Waals surface area contributed by atoms with Crippen LogP contribution < -0.4 is 0 Å². The van der Waals surface area contributed by atoms with Crippen LogP contribution in [-0.4, -0.2) is 72.4 Å². The average molecular weight is 619 g/mol. The van der Waals surface area contributed by atoms with Crippen molar-refractivity contribution in [2.45, 2.75) is 69.2 Å². The molecule has 41 heavy (non-hydrogen) atoms. The Bertz CT molecular complexity index is 1360. The molecule has 2 saturated heterocycles. The first kappa shape index (κ1) is 30.6. The van der Waals surface area contributed by atoms with Crippen molar-refractivity contribution in [2.24, 2.45) is 5.41 Å². The fourth-order valence-electron chi connectivity index (χ4n) is 6.66. The number of carbonyl (C=O) groups is 1. The highest BCUT2D eigenvalue weighted by Gasteiger charge is 2.50. The number of sulfonamides is 1. The Hall–Kier alpha value is -1.90. The van der Waals surface area contributed by atoms with Gasteiger partial charge in [0.15, 0.2) is 0 Å². The highest BCUT2D eigenvalue weighted by atomic mass is 35.5. The lowest BCUT2D eigenvalue weighted by atomic mass is 9.67. The zero-order valence-corrected chi connectivity index (χ0v) is 26.3. The number of hydrogen-bond acceptors (Lipinski definition) is 4. The van der Waals surface area contributed by atoms with Crippen LogP contribution in [0.5, 0.6) is 0 Å². The Kier molecular flexibility index (Phi) is 9.22. The Labute approximate surface area is 255 Å². The highest BCUT2D eigenvalue weighted by molar-refractivity contribution is 7.90. The van der Waals surface area contributed by atoms with Gasteiger partial charge >= 0.3 is 0 Å². The highest BCUT2D eigenvalue weighted by Crippen LogP contribution is 2.52. The zero-order chi connectivity index (χ0) is 29.4. The number of allylic oxidation sites excluding steroid dienone is 1. The van der Waals surface area contributed by atoms with Crippen LogP contribution in [-0.2, 0) is 14.8 Å². The van der Waals surface area contributed by atoms with Crippen LogP contribution >= 0.6 is 23.2 Å². The van der Waals surface area contributed by atoms with Crippen LogP contribution in [0.2, 0.25) is 10.0 Å². The van der Waals surface area contributed by atoms with Crippen molar-refractivity contribution in [3.63, 3.8) is 0 Å². The maximum Gasteiger partial charge on any atom is 0.229 e. The van der Waals surface area contributed by atoms with Crippen molar-refractivity contribution in [1.29, 1.82) is 0 Å². The molecule has 4 atom stereocenters. The van der Waals surface area contributed by atoms with Gasteiger partial charge in [-0.2, -0.15) is 4.31 Å².